The first-order chi connectivity index (χ1) is 9.53. The molecule has 0 saturated carbocycles. The summed E-state index contributed by atoms with van der Waals surface area (Å²) in [5.74, 6) is 0. The van der Waals surface area contributed by atoms with Gasteiger partial charge in [-0.25, -0.2) is 0 Å². The zero-order valence-corrected chi connectivity index (χ0v) is 12.1. The number of rotatable bonds is 6. The second kappa shape index (κ2) is 7.33. The summed E-state index contributed by atoms with van der Waals surface area (Å²) in [6.07, 6.45) is 2.58. The first kappa shape index (κ1) is 15.7. The van der Waals surface area contributed by atoms with Crippen molar-refractivity contribution in [2.24, 2.45) is 0 Å². The van der Waals surface area contributed by atoms with Gasteiger partial charge in [0.25, 0.3) is 0 Å². The second-order valence-electron chi connectivity index (χ2n) is 4.92. The summed E-state index contributed by atoms with van der Waals surface area (Å²) in [7, 11) is 0. The largest absolute Gasteiger partial charge is 0.446 e. The van der Waals surface area contributed by atoms with Crippen LogP contribution in [0.25, 0.3) is 0 Å². The lowest BCUT2D eigenvalue weighted by atomic mass is 10.2. The van der Waals surface area contributed by atoms with E-state index in [-0.39, 0.29) is 16.7 Å². The third-order valence-corrected chi connectivity index (χ3v) is 4.03. The summed E-state index contributed by atoms with van der Waals surface area (Å²) in [6.45, 7) is 5.03. The predicted molar refractivity (Wildman–Crippen MR) is 75.7 cm³/mol. The minimum Gasteiger partial charge on any atom is -0.311 e. The van der Waals surface area contributed by atoms with E-state index < -0.39 is 5.51 Å². The molecule has 0 aromatic heterocycles. The van der Waals surface area contributed by atoms with Crippen LogP contribution >= 0.6 is 11.8 Å². The lowest BCUT2D eigenvalue weighted by molar-refractivity contribution is -0.0328. The molecule has 2 rings (SSSR count). The fourth-order valence-corrected chi connectivity index (χ4v) is 2.82. The van der Waals surface area contributed by atoms with Gasteiger partial charge in [0, 0.05) is 24.5 Å². The maximum Gasteiger partial charge on any atom is 0.446 e. The number of nitrogens with zero attached hydrogens (tertiary/aromatic N) is 1. The SMILES string of the molecule is FC(F)(F)Sc1ccc(CNCCN2CCCC2)cc1. The van der Waals surface area contributed by atoms with E-state index in [2.05, 4.69) is 10.2 Å². The molecule has 6 heteroatoms. The van der Waals surface area contributed by atoms with Crippen LogP contribution < -0.4 is 5.32 Å². The Kier molecular flexibility index (Phi) is 5.74. The Labute approximate surface area is 121 Å². The number of alkyl halides is 3. The molecule has 0 unspecified atom stereocenters. The highest BCUT2D eigenvalue weighted by molar-refractivity contribution is 8.00. The maximum atomic E-state index is 12.2. The van der Waals surface area contributed by atoms with Crippen molar-refractivity contribution in [1.29, 1.82) is 0 Å². The van der Waals surface area contributed by atoms with E-state index in [1.165, 1.54) is 38.1 Å². The number of hydrogen-bond acceptors (Lipinski definition) is 3. The molecule has 1 aromatic carbocycles. The third kappa shape index (κ3) is 5.73. The molecule has 0 radical (unpaired) electrons. The molecule has 1 fully saturated rings. The Morgan fingerprint density at radius 3 is 2.35 bits per heavy atom. The van der Waals surface area contributed by atoms with Gasteiger partial charge in [-0.05, 0) is 55.4 Å². The van der Waals surface area contributed by atoms with Crippen LogP contribution in [0.2, 0.25) is 0 Å². The maximum absolute atomic E-state index is 12.2. The summed E-state index contributed by atoms with van der Waals surface area (Å²) >= 11 is -0.0725. The van der Waals surface area contributed by atoms with Gasteiger partial charge in [0.15, 0.2) is 0 Å². The minimum atomic E-state index is -4.21. The Bertz CT molecular complexity index is 400. The van der Waals surface area contributed by atoms with Crippen molar-refractivity contribution in [3.05, 3.63) is 29.8 Å². The summed E-state index contributed by atoms with van der Waals surface area (Å²) < 4.78 is 36.6. The van der Waals surface area contributed by atoms with Crippen molar-refractivity contribution in [3.8, 4) is 0 Å². The van der Waals surface area contributed by atoms with Gasteiger partial charge in [-0.3, -0.25) is 0 Å². The highest BCUT2D eigenvalue weighted by Gasteiger charge is 2.28. The molecule has 0 atom stereocenters. The molecule has 0 bridgehead atoms. The van der Waals surface area contributed by atoms with Crippen molar-refractivity contribution in [2.45, 2.75) is 29.8 Å². The van der Waals surface area contributed by atoms with Gasteiger partial charge in [0.1, 0.15) is 0 Å². The van der Waals surface area contributed by atoms with Gasteiger partial charge in [-0.2, -0.15) is 13.2 Å². The Morgan fingerprint density at radius 1 is 1.10 bits per heavy atom. The fraction of sp³-hybridized carbons (Fsp3) is 0.571. The van der Waals surface area contributed by atoms with E-state index in [0.29, 0.717) is 6.54 Å². The first-order valence-corrected chi connectivity index (χ1v) is 7.62. The molecule has 0 aliphatic carbocycles. The summed E-state index contributed by atoms with van der Waals surface area (Å²) in [5, 5.41) is 3.33. The van der Waals surface area contributed by atoms with Crippen molar-refractivity contribution in [2.75, 3.05) is 26.2 Å². The quantitative estimate of drug-likeness (QED) is 0.640. The topological polar surface area (TPSA) is 15.3 Å². The highest BCUT2D eigenvalue weighted by Crippen LogP contribution is 2.36. The molecule has 1 N–H and O–H groups in total. The standard InChI is InChI=1S/C14H19F3N2S/c15-14(16,17)20-13-5-3-12(4-6-13)11-18-7-10-19-8-1-2-9-19/h3-6,18H,1-2,7-11H2. The van der Waals surface area contributed by atoms with E-state index >= 15 is 0 Å². The van der Waals surface area contributed by atoms with Gasteiger partial charge >= 0.3 is 5.51 Å². The minimum absolute atomic E-state index is 0.0725. The van der Waals surface area contributed by atoms with Crippen LogP contribution in [0.15, 0.2) is 29.2 Å². The number of benzene rings is 1. The normalized spacial score (nSPS) is 16.8. The zero-order chi connectivity index (χ0) is 14.4. The molecule has 2 nitrogen and oxygen atoms in total. The molecule has 1 aliphatic rings. The molecule has 1 aliphatic heterocycles. The smallest absolute Gasteiger partial charge is 0.311 e. The van der Waals surface area contributed by atoms with Crippen molar-refractivity contribution in [1.82, 2.24) is 10.2 Å². The molecule has 0 amide bonds. The lowest BCUT2D eigenvalue weighted by Gasteiger charge is -2.14. The molecule has 1 heterocycles. The van der Waals surface area contributed by atoms with Crippen LogP contribution in [0.3, 0.4) is 0 Å². The highest BCUT2D eigenvalue weighted by atomic mass is 32.2. The molecule has 20 heavy (non-hydrogen) atoms. The van der Waals surface area contributed by atoms with Gasteiger partial charge in [0.2, 0.25) is 0 Å². The average Bonchev–Trinajstić information content (AvgIpc) is 2.88. The van der Waals surface area contributed by atoms with Gasteiger partial charge in [-0.1, -0.05) is 12.1 Å². The molecule has 112 valence electrons. The Hall–Kier alpha value is -0.720. The number of halogens is 3. The van der Waals surface area contributed by atoms with Crippen molar-refractivity contribution in [3.63, 3.8) is 0 Å². The fourth-order valence-electron chi connectivity index (χ4n) is 2.29. The van der Waals surface area contributed by atoms with E-state index in [1.807, 2.05) is 0 Å². The first-order valence-electron chi connectivity index (χ1n) is 6.81. The molecule has 1 aromatic rings. The van der Waals surface area contributed by atoms with Crippen LogP contribution in [-0.2, 0) is 6.54 Å². The second-order valence-corrected chi connectivity index (χ2v) is 6.06. The molecule has 0 spiro atoms. The van der Waals surface area contributed by atoms with Crippen LogP contribution in [0.5, 0.6) is 0 Å². The van der Waals surface area contributed by atoms with Crippen LogP contribution in [-0.4, -0.2) is 36.6 Å². The lowest BCUT2D eigenvalue weighted by Crippen LogP contribution is -2.29. The van der Waals surface area contributed by atoms with E-state index in [4.69, 9.17) is 0 Å². The number of likely N-dealkylation sites (tertiary alicyclic amines) is 1. The van der Waals surface area contributed by atoms with Gasteiger partial charge < -0.3 is 10.2 Å². The van der Waals surface area contributed by atoms with Crippen LogP contribution in [0, 0.1) is 0 Å². The van der Waals surface area contributed by atoms with E-state index in [1.54, 1.807) is 12.1 Å². The van der Waals surface area contributed by atoms with E-state index in [0.717, 1.165) is 18.7 Å². The molecular weight excluding hydrogens is 285 g/mol. The van der Waals surface area contributed by atoms with Gasteiger partial charge in [0.05, 0.1) is 0 Å². The number of nitrogens with one attached hydrogen (secondary N) is 1. The number of thioether (sulfide) groups is 1. The number of hydrogen-bond donors (Lipinski definition) is 1. The summed E-state index contributed by atoms with van der Waals surface area (Å²) in [6, 6.07) is 6.54. The average molecular weight is 304 g/mol. The Morgan fingerprint density at radius 2 is 1.75 bits per heavy atom. The summed E-state index contributed by atoms with van der Waals surface area (Å²) in [4.78, 5) is 2.66. The monoisotopic (exact) mass is 304 g/mol. The van der Waals surface area contributed by atoms with Crippen molar-refractivity contribution < 1.29 is 13.2 Å². The third-order valence-electron chi connectivity index (χ3n) is 3.29. The molecule has 1 saturated heterocycles. The van der Waals surface area contributed by atoms with Crippen LogP contribution in [0.4, 0.5) is 13.2 Å². The van der Waals surface area contributed by atoms with Crippen molar-refractivity contribution >= 4 is 11.8 Å². The Balaban J connectivity index is 1.68. The molecular formula is C14H19F3N2S. The predicted octanol–water partition coefficient (Wildman–Crippen LogP) is 3.48. The van der Waals surface area contributed by atoms with Crippen LogP contribution in [0.1, 0.15) is 18.4 Å². The van der Waals surface area contributed by atoms with E-state index in [9.17, 15) is 13.2 Å². The van der Waals surface area contributed by atoms with Gasteiger partial charge in [-0.15, -0.1) is 0 Å². The summed E-state index contributed by atoms with van der Waals surface area (Å²) in [5.41, 5.74) is -3.20. The zero-order valence-electron chi connectivity index (χ0n) is 11.2.